The van der Waals surface area contributed by atoms with E-state index >= 15 is 0 Å². The minimum absolute atomic E-state index is 0.0462. The fourth-order valence-corrected chi connectivity index (χ4v) is 2.09. The number of furan rings is 1. The second kappa shape index (κ2) is 6.38. The van der Waals surface area contributed by atoms with Gasteiger partial charge in [-0.15, -0.1) is 0 Å². The van der Waals surface area contributed by atoms with Crippen LogP contribution in [0.1, 0.15) is 31.2 Å². The molecule has 0 spiro atoms. The molecule has 0 aliphatic carbocycles. The van der Waals surface area contributed by atoms with Gasteiger partial charge in [0.15, 0.2) is 5.11 Å². The van der Waals surface area contributed by atoms with Gasteiger partial charge in [0, 0.05) is 5.69 Å². The summed E-state index contributed by atoms with van der Waals surface area (Å²) in [5, 5.41) is 6.94. The molecule has 0 radical (unpaired) electrons. The Morgan fingerprint density at radius 1 is 1.26 bits per heavy atom. The van der Waals surface area contributed by atoms with Crippen molar-refractivity contribution in [3.05, 3.63) is 54.0 Å². The zero-order chi connectivity index (χ0) is 13.7. The zero-order valence-corrected chi connectivity index (χ0v) is 12.0. The molecule has 0 saturated carbocycles. The monoisotopic (exact) mass is 274 g/mol. The molecule has 0 saturated heterocycles. The summed E-state index contributed by atoms with van der Waals surface area (Å²) in [5.41, 5.74) is 2.30. The van der Waals surface area contributed by atoms with Crippen molar-refractivity contribution in [1.82, 2.24) is 5.32 Å². The second-order valence-electron chi connectivity index (χ2n) is 4.39. The van der Waals surface area contributed by atoms with Gasteiger partial charge in [-0.3, -0.25) is 0 Å². The van der Waals surface area contributed by atoms with E-state index in [1.807, 2.05) is 31.2 Å². The summed E-state index contributed by atoms with van der Waals surface area (Å²) in [7, 11) is 0. The summed E-state index contributed by atoms with van der Waals surface area (Å²) in [5.74, 6) is 0.866. The third-order valence-corrected chi connectivity index (χ3v) is 3.16. The van der Waals surface area contributed by atoms with Gasteiger partial charge in [-0.25, -0.2) is 0 Å². The zero-order valence-electron chi connectivity index (χ0n) is 11.1. The molecule has 1 aromatic heterocycles. The third-order valence-electron chi connectivity index (χ3n) is 2.94. The van der Waals surface area contributed by atoms with Gasteiger partial charge in [0.1, 0.15) is 5.76 Å². The van der Waals surface area contributed by atoms with E-state index in [-0.39, 0.29) is 6.04 Å². The molecule has 0 aliphatic heterocycles. The molecule has 2 rings (SSSR count). The predicted molar refractivity (Wildman–Crippen MR) is 82.3 cm³/mol. The first-order valence-corrected chi connectivity index (χ1v) is 6.79. The standard InChI is InChI=1S/C15H18N2OS/c1-3-12-6-8-13(9-7-12)17-15(19)16-11(2)14-5-4-10-18-14/h4-11H,3H2,1-2H3,(H2,16,17,19)/t11-/m1/s1. The highest BCUT2D eigenvalue weighted by atomic mass is 32.1. The molecule has 100 valence electrons. The van der Waals surface area contributed by atoms with E-state index in [2.05, 4.69) is 29.7 Å². The number of hydrogen-bond acceptors (Lipinski definition) is 2. The lowest BCUT2D eigenvalue weighted by molar-refractivity contribution is 0.464. The summed E-state index contributed by atoms with van der Waals surface area (Å²) in [6.07, 6.45) is 2.70. The van der Waals surface area contributed by atoms with Gasteiger partial charge >= 0.3 is 0 Å². The van der Waals surface area contributed by atoms with Crippen LogP contribution >= 0.6 is 12.2 Å². The van der Waals surface area contributed by atoms with E-state index in [1.165, 1.54) is 5.56 Å². The van der Waals surface area contributed by atoms with Crippen molar-refractivity contribution in [2.75, 3.05) is 5.32 Å². The SMILES string of the molecule is CCc1ccc(NC(=S)N[C@H](C)c2ccco2)cc1. The van der Waals surface area contributed by atoms with Crippen molar-refractivity contribution in [2.45, 2.75) is 26.3 Å². The molecule has 2 aromatic rings. The topological polar surface area (TPSA) is 37.2 Å². The molecule has 1 atom stereocenters. The Bertz CT molecular complexity index is 520. The van der Waals surface area contributed by atoms with Crippen LogP contribution in [0.5, 0.6) is 0 Å². The molecule has 0 amide bonds. The van der Waals surface area contributed by atoms with Gasteiger partial charge in [0.25, 0.3) is 0 Å². The Kier molecular flexibility index (Phi) is 4.58. The fourth-order valence-electron chi connectivity index (χ4n) is 1.80. The van der Waals surface area contributed by atoms with E-state index in [1.54, 1.807) is 6.26 Å². The van der Waals surface area contributed by atoms with Gasteiger partial charge in [0.2, 0.25) is 0 Å². The van der Waals surface area contributed by atoms with Crippen LogP contribution in [0.25, 0.3) is 0 Å². The van der Waals surface area contributed by atoms with E-state index < -0.39 is 0 Å². The fraction of sp³-hybridized carbons (Fsp3) is 0.267. The average Bonchev–Trinajstić information content (AvgIpc) is 2.93. The maximum absolute atomic E-state index is 5.33. The highest BCUT2D eigenvalue weighted by molar-refractivity contribution is 7.80. The molecule has 1 heterocycles. The molecule has 3 nitrogen and oxygen atoms in total. The molecule has 0 aliphatic rings. The van der Waals surface area contributed by atoms with Crippen molar-refractivity contribution in [1.29, 1.82) is 0 Å². The molecular formula is C15H18N2OS. The molecule has 0 bridgehead atoms. The van der Waals surface area contributed by atoms with Crippen LogP contribution in [0, 0.1) is 0 Å². The van der Waals surface area contributed by atoms with Crippen molar-refractivity contribution in [3.63, 3.8) is 0 Å². The number of hydrogen-bond donors (Lipinski definition) is 2. The lowest BCUT2D eigenvalue weighted by Gasteiger charge is -2.15. The summed E-state index contributed by atoms with van der Waals surface area (Å²) < 4.78 is 5.33. The molecule has 19 heavy (non-hydrogen) atoms. The number of thiocarbonyl (C=S) groups is 1. The van der Waals surface area contributed by atoms with Crippen LogP contribution in [0.3, 0.4) is 0 Å². The van der Waals surface area contributed by atoms with Gasteiger partial charge in [-0.2, -0.15) is 0 Å². The minimum Gasteiger partial charge on any atom is -0.467 e. The summed E-state index contributed by atoms with van der Waals surface area (Å²) in [6.45, 7) is 4.15. The third kappa shape index (κ3) is 3.83. The van der Waals surface area contributed by atoms with Crippen LogP contribution in [0.2, 0.25) is 0 Å². The highest BCUT2D eigenvalue weighted by Gasteiger charge is 2.09. The van der Waals surface area contributed by atoms with Crippen molar-refractivity contribution >= 4 is 23.0 Å². The van der Waals surface area contributed by atoms with Crippen LogP contribution in [0.4, 0.5) is 5.69 Å². The first-order valence-electron chi connectivity index (χ1n) is 6.39. The van der Waals surface area contributed by atoms with E-state index in [4.69, 9.17) is 16.6 Å². The number of aryl methyl sites for hydroxylation is 1. The highest BCUT2D eigenvalue weighted by Crippen LogP contribution is 2.13. The smallest absolute Gasteiger partial charge is 0.171 e. The Labute approximate surface area is 119 Å². The summed E-state index contributed by atoms with van der Waals surface area (Å²) in [6, 6.07) is 12.1. The van der Waals surface area contributed by atoms with Crippen molar-refractivity contribution < 1.29 is 4.42 Å². The van der Waals surface area contributed by atoms with E-state index in [0.717, 1.165) is 17.9 Å². The average molecular weight is 274 g/mol. The quantitative estimate of drug-likeness (QED) is 0.829. The van der Waals surface area contributed by atoms with Gasteiger partial charge in [-0.05, 0) is 55.4 Å². The maximum atomic E-state index is 5.33. The predicted octanol–water partition coefficient (Wildman–Crippen LogP) is 3.89. The van der Waals surface area contributed by atoms with Gasteiger partial charge < -0.3 is 15.1 Å². The first kappa shape index (κ1) is 13.6. The molecule has 2 N–H and O–H groups in total. The van der Waals surface area contributed by atoms with Gasteiger partial charge in [-0.1, -0.05) is 19.1 Å². The summed E-state index contributed by atoms with van der Waals surface area (Å²) >= 11 is 5.28. The molecule has 0 unspecified atom stereocenters. The largest absolute Gasteiger partial charge is 0.467 e. The summed E-state index contributed by atoms with van der Waals surface area (Å²) in [4.78, 5) is 0. The first-order chi connectivity index (χ1) is 9.19. The Morgan fingerprint density at radius 2 is 2.00 bits per heavy atom. The van der Waals surface area contributed by atoms with Crippen molar-refractivity contribution in [2.24, 2.45) is 0 Å². The lowest BCUT2D eigenvalue weighted by atomic mass is 10.1. The Balaban J connectivity index is 1.90. The second-order valence-corrected chi connectivity index (χ2v) is 4.79. The van der Waals surface area contributed by atoms with E-state index in [0.29, 0.717) is 5.11 Å². The van der Waals surface area contributed by atoms with Crippen LogP contribution in [-0.4, -0.2) is 5.11 Å². The lowest BCUT2D eigenvalue weighted by Crippen LogP contribution is -2.30. The Hall–Kier alpha value is -1.81. The Morgan fingerprint density at radius 3 is 2.58 bits per heavy atom. The molecule has 1 aromatic carbocycles. The number of anilines is 1. The minimum atomic E-state index is 0.0462. The molecular weight excluding hydrogens is 256 g/mol. The molecule has 0 fully saturated rings. The van der Waals surface area contributed by atoms with Crippen LogP contribution in [0.15, 0.2) is 47.1 Å². The number of benzene rings is 1. The van der Waals surface area contributed by atoms with Gasteiger partial charge in [0.05, 0.1) is 12.3 Å². The van der Waals surface area contributed by atoms with Crippen LogP contribution in [-0.2, 0) is 6.42 Å². The maximum Gasteiger partial charge on any atom is 0.171 e. The van der Waals surface area contributed by atoms with Crippen molar-refractivity contribution in [3.8, 4) is 0 Å². The normalized spacial score (nSPS) is 11.9. The van der Waals surface area contributed by atoms with E-state index in [9.17, 15) is 0 Å². The number of rotatable bonds is 4. The molecule has 4 heteroatoms. The van der Waals surface area contributed by atoms with Crippen LogP contribution < -0.4 is 10.6 Å². The number of nitrogens with one attached hydrogen (secondary N) is 2.